The zero-order chi connectivity index (χ0) is 13.8. The minimum Gasteiger partial charge on any atom is -0.397 e. The van der Waals surface area contributed by atoms with Crippen molar-refractivity contribution in [2.45, 2.75) is 6.18 Å². The van der Waals surface area contributed by atoms with Crippen LogP contribution in [0.5, 0.6) is 0 Å². The fourth-order valence-electron chi connectivity index (χ4n) is 1.20. The predicted molar refractivity (Wildman–Crippen MR) is 60.8 cm³/mol. The summed E-state index contributed by atoms with van der Waals surface area (Å²) < 4.78 is 36.9. The van der Waals surface area contributed by atoms with Crippen LogP contribution in [-0.2, 0) is 11.0 Å². The fraction of sp³-hybridized carbons (Fsp3) is 0.182. The number of carbonyl (C=O) groups is 1. The summed E-state index contributed by atoms with van der Waals surface area (Å²) in [5, 5.41) is 2.54. The Balaban J connectivity index is 2.76. The van der Waals surface area contributed by atoms with E-state index in [0.717, 1.165) is 12.1 Å². The molecule has 5 N–H and O–H groups in total. The molecule has 0 aliphatic carbocycles. The lowest BCUT2D eigenvalue weighted by Crippen LogP contribution is -2.25. The monoisotopic (exact) mass is 259 g/mol. The first kappa shape index (κ1) is 13.9. The van der Waals surface area contributed by atoms with Gasteiger partial charge in [0.05, 0.1) is 17.8 Å². The third kappa shape index (κ3) is 4.00. The van der Waals surface area contributed by atoms with Crippen molar-refractivity contribution in [3.63, 3.8) is 0 Å². The average molecular weight is 259 g/mol. The average Bonchev–Trinajstić information content (AvgIpc) is 2.27. The maximum atomic E-state index is 12.3. The lowest BCUT2D eigenvalue weighted by Gasteiger charge is -2.08. The van der Waals surface area contributed by atoms with Gasteiger partial charge < -0.3 is 16.8 Å². The number of halogens is 3. The third-order valence-electron chi connectivity index (χ3n) is 2.08. The fourth-order valence-corrected chi connectivity index (χ4v) is 1.20. The van der Waals surface area contributed by atoms with Crippen LogP contribution in [0.3, 0.4) is 0 Å². The van der Waals surface area contributed by atoms with Gasteiger partial charge in [0.15, 0.2) is 0 Å². The zero-order valence-electron chi connectivity index (χ0n) is 9.29. The van der Waals surface area contributed by atoms with Crippen LogP contribution >= 0.6 is 0 Å². The van der Waals surface area contributed by atoms with Gasteiger partial charge in [0.2, 0.25) is 5.91 Å². The van der Waals surface area contributed by atoms with Crippen molar-refractivity contribution in [3.8, 4) is 0 Å². The molecule has 0 radical (unpaired) electrons. The van der Waals surface area contributed by atoms with E-state index < -0.39 is 17.6 Å². The summed E-state index contributed by atoms with van der Waals surface area (Å²) in [6.07, 6.45) is -3.06. The van der Waals surface area contributed by atoms with Crippen molar-refractivity contribution in [1.29, 1.82) is 0 Å². The quantitative estimate of drug-likeness (QED) is 0.755. The van der Waals surface area contributed by atoms with E-state index in [1.807, 2.05) is 0 Å². The number of primary amides is 1. The van der Waals surface area contributed by atoms with Crippen molar-refractivity contribution in [1.82, 2.24) is 5.32 Å². The van der Waals surface area contributed by atoms with Gasteiger partial charge in [0.25, 0.3) is 0 Å². The number of amides is 1. The van der Waals surface area contributed by atoms with Crippen LogP contribution < -0.4 is 16.8 Å². The highest BCUT2D eigenvalue weighted by Gasteiger charge is 2.29. The Morgan fingerprint density at radius 2 is 1.78 bits per heavy atom. The van der Waals surface area contributed by atoms with Crippen LogP contribution in [-0.4, -0.2) is 12.5 Å². The summed E-state index contributed by atoms with van der Waals surface area (Å²) in [6.45, 7) is -0.0959. The first-order chi connectivity index (χ1) is 8.30. The largest absolute Gasteiger partial charge is 0.416 e. The van der Waals surface area contributed by atoms with Gasteiger partial charge in [-0.25, -0.2) is 0 Å². The van der Waals surface area contributed by atoms with Crippen LogP contribution in [0.4, 0.5) is 13.2 Å². The Morgan fingerprint density at radius 3 is 2.22 bits per heavy atom. The molecule has 0 aliphatic rings. The molecule has 0 unspecified atom stereocenters. The number of rotatable bonds is 4. The van der Waals surface area contributed by atoms with E-state index in [1.165, 1.54) is 18.3 Å². The molecule has 0 heterocycles. The molecule has 1 amide bonds. The Hall–Kier alpha value is -2.18. The topological polar surface area (TPSA) is 81.1 Å². The van der Waals surface area contributed by atoms with Crippen molar-refractivity contribution in [3.05, 3.63) is 41.6 Å². The molecular formula is C11H12F3N3O. The van der Waals surface area contributed by atoms with E-state index in [9.17, 15) is 18.0 Å². The minimum absolute atomic E-state index is 0.0959. The number of benzene rings is 1. The van der Waals surface area contributed by atoms with Gasteiger partial charge in [-0.15, -0.1) is 0 Å². The lowest BCUT2D eigenvalue weighted by atomic mass is 10.1. The molecule has 1 rings (SSSR count). The van der Waals surface area contributed by atoms with Crippen molar-refractivity contribution >= 4 is 11.6 Å². The second kappa shape index (κ2) is 5.44. The Morgan fingerprint density at radius 1 is 1.22 bits per heavy atom. The number of hydrogen-bond donors (Lipinski definition) is 3. The number of nitrogens with one attached hydrogen (secondary N) is 1. The van der Waals surface area contributed by atoms with Gasteiger partial charge in [-0.05, 0) is 17.7 Å². The lowest BCUT2D eigenvalue weighted by molar-refractivity contribution is -0.137. The van der Waals surface area contributed by atoms with Crippen LogP contribution in [0.1, 0.15) is 11.1 Å². The molecule has 0 aliphatic heterocycles. The van der Waals surface area contributed by atoms with Crippen LogP contribution in [0, 0.1) is 0 Å². The normalized spacial score (nSPS) is 12.3. The van der Waals surface area contributed by atoms with Gasteiger partial charge in [-0.2, -0.15) is 13.2 Å². The van der Waals surface area contributed by atoms with E-state index in [1.54, 1.807) is 0 Å². The maximum Gasteiger partial charge on any atom is 0.416 e. The standard InChI is InChI=1S/C11H12F3N3O/c12-11(13,14)8-3-1-7(2-4-8)9(15)5-17-6-10(16)18/h1-5,17H,6,15H2,(H2,16,18)/b9-5-. The van der Waals surface area contributed by atoms with E-state index in [-0.39, 0.29) is 12.2 Å². The minimum atomic E-state index is -4.37. The molecule has 0 atom stereocenters. The molecule has 1 aromatic carbocycles. The highest BCUT2D eigenvalue weighted by molar-refractivity contribution is 5.76. The molecule has 1 aromatic rings. The van der Waals surface area contributed by atoms with Gasteiger partial charge in [-0.3, -0.25) is 4.79 Å². The van der Waals surface area contributed by atoms with Crippen molar-refractivity contribution in [2.24, 2.45) is 11.5 Å². The van der Waals surface area contributed by atoms with Gasteiger partial charge in [-0.1, -0.05) is 12.1 Å². The van der Waals surface area contributed by atoms with Crippen LogP contribution in [0.2, 0.25) is 0 Å². The second-order valence-electron chi connectivity index (χ2n) is 3.52. The molecule has 0 aromatic heterocycles. The molecule has 0 saturated heterocycles. The Bertz CT molecular complexity index is 452. The highest BCUT2D eigenvalue weighted by Crippen LogP contribution is 2.29. The van der Waals surface area contributed by atoms with E-state index in [4.69, 9.17) is 11.5 Å². The SMILES string of the molecule is NC(=O)CN/C=C(\N)c1ccc(C(F)(F)F)cc1. The summed E-state index contributed by atoms with van der Waals surface area (Å²) in [6, 6.07) is 4.37. The number of nitrogens with two attached hydrogens (primary N) is 2. The number of hydrogen-bond acceptors (Lipinski definition) is 3. The van der Waals surface area contributed by atoms with Crippen LogP contribution in [0.25, 0.3) is 5.70 Å². The van der Waals surface area contributed by atoms with Crippen molar-refractivity contribution < 1.29 is 18.0 Å². The Kier molecular flexibility index (Phi) is 4.19. The molecule has 0 saturated carbocycles. The number of carbonyl (C=O) groups excluding carboxylic acids is 1. The summed E-state index contributed by atoms with van der Waals surface area (Å²) >= 11 is 0. The van der Waals surface area contributed by atoms with E-state index >= 15 is 0 Å². The van der Waals surface area contributed by atoms with E-state index in [2.05, 4.69) is 5.32 Å². The highest BCUT2D eigenvalue weighted by atomic mass is 19.4. The summed E-state index contributed by atoms with van der Waals surface area (Å²) in [7, 11) is 0. The summed E-state index contributed by atoms with van der Waals surface area (Å²) in [4.78, 5) is 10.4. The third-order valence-corrected chi connectivity index (χ3v) is 2.08. The van der Waals surface area contributed by atoms with Gasteiger partial charge in [0, 0.05) is 6.20 Å². The smallest absolute Gasteiger partial charge is 0.397 e. The molecule has 0 spiro atoms. The first-order valence-electron chi connectivity index (χ1n) is 4.95. The van der Waals surface area contributed by atoms with Gasteiger partial charge in [0.1, 0.15) is 0 Å². The van der Waals surface area contributed by atoms with Crippen molar-refractivity contribution in [2.75, 3.05) is 6.54 Å². The van der Waals surface area contributed by atoms with Gasteiger partial charge >= 0.3 is 6.18 Å². The first-order valence-corrected chi connectivity index (χ1v) is 4.95. The summed E-state index contributed by atoms with van der Waals surface area (Å²) in [5.74, 6) is -0.563. The molecule has 98 valence electrons. The summed E-state index contributed by atoms with van der Waals surface area (Å²) in [5.41, 5.74) is 10.4. The molecule has 18 heavy (non-hydrogen) atoms. The molecule has 7 heteroatoms. The molecule has 0 fully saturated rings. The second-order valence-corrected chi connectivity index (χ2v) is 3.52. The number of alkyl halides is 3. The molecule has 0 bridgehead atoms. The maximum absolute atomic E-state index is 12.3. The van der Waals surface area contributed by atoms with Crippen LogP contribution in [0.15, 0.2) is 30.5 Å². The molecule has 4 nitrogen and oxygen atoms in total. The Labute approximate surface area is 101 Å². The van der Waals surface area contributed by atoms with E-state index in [0.29, 0.717) is 5.56 Å². The zero-order valence-corrected chi connectivity index (χ0v) is 9.29. The predicted octanol–water partition coefficient (Wildman–Crippen LogP) is 1.04. The molecular weight excluding hydrogens is 247 g/mol.